The van der Waals surface area contributed by atoms with Crippen molar-refractivity contribution in [1.82, 2.24) is 20.0 Å². The van der Waals surface area contributed by atoms with E-state index < -0.39 is 23.5 Å². The molecule has 0 bridgehead atoms. The summed E-state index contributed by atoms with van der Waals surface area (Å²) in [7, 11) is 1.60. The van der Waals surface area contributed by atoms with E-state index >= 15 is 0 Å². The lowest BCUT2D eigenvalue weighted by atomic mass is 9.80. The summed E-state index contributed by atoms with van der Waals surface area (Å²) in [5.41, 5.74) is 0.157. The number of fused-ring (bicyclic) bond motifs is 2. The number of rotatable bonds is 6. The van der Waals surface area contributed by atoms with Crippen molar-refractivity contribution in [2.24, 2.45) is 11.3 Å². The fourth-order valence-corrected chi connectivity index (χ4v) is 6.36. The van der Waals surface area contributed by atoms with Crippen LogP contribution in [0.3, 0.4) is 0 Å². The average molecular weight is 565 g/mol. The zero-order valence-electron chi connectivity index (χ0n) is 25.2. The third kappa shape index (κ3) is 6.04. The van der Waals surface area contributed by atoms with E-state index in [1.165, 1.54) is 9.80 Å². The highest BCUT2D eigenvalue weighted by atomic mass is 16.2. The minimum Gasteiger partial charge on any atom is -0.332 e. The van der Waals surface area contributed by atoms with Crippen LogP contribution in [-0.2, 0) is 19.8 Å². The van der Waals surface area contributed by atoms with Gasteiger partial charge in [0.25, 0.3) is 0 Å². The fourth-order valence-electron chi connectivity index (χ4n) is 6.36. The van der Waals surface area contributed by atoms with Gasteiger partial charge in [-0.15, -0.1) is 0 Å². The Bertz CT molecular complexity index is 1230. The second-order valence-corrected chi connectivity index (χ2v) is 13.3. The minimum absolute atomic E-state index is 0.0644. The molecule has 0 saturated carbocycles. The summed E-state index contributed by atoms with van der Waals surface area (Å²) in [6.45, 7) is 11.1. The first-order valence-electron chi connectivity index (χ1n) is 14.7. The molecule has 2 fully saturated rings. The van der Waals surface area contributed by atoms with Gasteiger partial charge in [-0.05, 0) is 48.6 Å². The van der Waals surface area contributed by atoms with Gasteiger partial charge in [-0.3, -0.25) is 14.4 Å². The number of para-hydroxylation sites is 1. The molecule has 10 nitrogen and oxygen atoms in total. The highest BCUT2D eigenvalue weighted by Crippen LogP contribution is 2.46. The molecule has 0 aliphatic carbocycles. The van der Waals surface area contributed by atoms with Crippen LogP contribution >= 0.6 is 0 Å². The maximum Gasteiger partial charge on any atom is 0.318 e. The Morgan fingerprint density at radius 2 is 1.83 bits per heavy atom. The van der Waals surface area contributed by atoms with Gasteiger partial charge in [0.2, 0.25) is 17.7 Å². The second kappa shape index (κ2) is 11.7. The van der Waals surface area contributed by atoms with Crippen molar-refractivity contribution in [3.05, 3.63) is 29.8 Å². The number of anilines is 1. The number of benzene rings is 1. The standard InChI is InChI=1S/C31H44N6O4/c1-20(2)25(34-29(41)36-14-10-7-11-15-36)27(39)35(6)24(17-30(3,4)5)26(38)37-19-31(16-21(37)18-32)22-12-8-9-13-23(22)33-28(31)40/h8-9,12-13,20-21,24-25H,7,10-11,14-17,19H2,1-6H3,(H,33,40)(H,34,41)/t21-,24-,25?,31-/m0/s1. The van der Waals surface area contributed by atoms with Crippen molar-refractivity contribution in [3.63, 3.8) is 0 Å². The number of hydrogen-bond acceptors (Lipinski definition) is 5. The number of urea groups is 1. The molecular formula is C31H44N6O4. The summed E-state index contributed by atoms with van der Waals surface area (Å²) >= 11 is 0. The van der Waals surface area contributed by atoms with Gasteiger partial charge in [-0.25, -0.2) is 4.79 Å². The normalized spacial score (nSPS) is 23.6. The number of amides is 5. The number of carbonyl (C=O) groups excluding carboxylic acids is 4. The minimum atomic E-state index is -1.01. The predicted octanol–water partition coefficient (Wildman–Crippen LogP) is 3.48. The van der Waals surface area contributed by atoms with Crippen molar-refractivity contribution in [1.29, 1.82) is 5.26 Å². The van der Waals surface area contributed by atoms with E-state index in [2.05, 4.69) is 16.7 Å². The Morgan fingerprint density at radius 1 is 1.17 bits per heavy atom. The predicted molar refractivity (Wildman–Crippen MR) is 156 cm³/mol. The van der Waals surface area contributed by atoms with Crippen LogP contribution in [-0.4, -0.2) is 83.3 Å². The van der Waals surface area contributed by atoms with Gasteiger partial charge in [0, 0.05) is 38.8 Å². The first-order chi connectivity index (χ1) is 19.3. The molecule has 1 aromatic rings. The van der Waals surface area contributed by atoms with Crippen molar-refractivity contribution >= 4 is 29.4 Å². The smallest absolute Gasteiger partial charge is 0.318 e. The Kier molecular flexibility index (Phi) is 8.67. The molecule has 1 aromatic carbocycles. The lowest BCUT2D eigenvalue weighted by Gasteiger charge is -2.38. The molecule has 0 aromatic heterocycles. The number of nitrogens with one attached hydrogen (secondary N) is 2. The lowest BCUT2D eigenvalue weighted by molar-refractivity contribution is -0.147. The molecule has 4 rings (SSSR count). The molecule has 10 heteroatoms. The Hall–Kier alpha value is -3.61. The van der Waals surface area contributed by atoms with E-state index in [1.807, 2.05) is 58.9 Å². The molecule has 2 saturated heterocycles. The number of likely N-dealkylation sites (tertiary alicyclic amines) is 2. The van der Waals surface area contributed by atoms with E-state index in [0.29, 0.717) is 25.2 Å². The lowest BCUT2D eigenvalue weighted by Crippen LogP contribution is -2.59. The number of nitrogens with zero attached hydrogens (tertiary/aromatic N) is 4. The number of carbonyl (C=O) groups is 4. The van der Waals surface area contributed by atoms with E-state index in [4.69, 9.17) is 0 Å². The molecule has 41 heavy (non-hydrogen) atoms. The van der Waals surface area contributed by atoms with Gasteiger partial charge in [-0.2, -0.15) is 5.26 Å². The van der Waals surface area contributed by atoms with Crippen LogP contribution in [0, 0.1) is 22.7 Å². The maximum absolute atomic E-state index is 14.3. The van der Waals surface area contributed by atoms with Crippen molar-refractivity contribution < 1.29 is 19.2 Å². The quantitative estimate of drug-likeness (QED) is 0.547. The van der Waals surface area contributed by atoms with Crippen LogP contribution < -0.4 is 10.6 Å². The van der Waals surface area contributed by atoms with E-state index in [0.717, 1.165) is 24.8 Å². The number of likely N-dealkylation sites (N-methyl/N-ethyl adjacent to an activating group) is 1. The van der Waals surface area contributed by atoms with Gasteiger partial charge in [0.1, 0.15) is 18.1 Å². The van der Waals surface area contributed by atoms with Crippen molar-refractivity contribution in [2.45, 2.75) is 90.3 Å². The average Bonchev–Trinajstić information content (AvgIpc) is 3.46. The first-order valence-corrected chi connectivity index (χ1v) is 14.7. The molecular weight excluding hydrogens is 520 g/mol. The molecule has 3 aliphatic heterocycles. The summed E-state index contributed by atoms with van der Waals surface area (Å²) < 4.78 is 0. The number of piperidine rings is 1. The van der Waals surface area contributed by atoms with E-state index in [9.17, 15) is 24.4 Å². The van der Waals surface area contributed by atoms with E-state index in [-0.39, 0.29) is 48.1 Å². The van der Waals surface area contributed by atoms with Gasteiger partial charge in [-0.1, -0.05) is 52.8 Å². The van der Waals surface area contributed by atoms with Gasteiger partial charge in [0.05, 0.1) is 11.5 Å². The van der Waals surface area contributed by atoms with Gasteiger partial charge < -0.3 is 25.3 Å². The summed E-state index contributed by atoms with van der Waals surface area (Å²) in [6.07, 6.45) is 3.51. The number of nitriles is 1. The zero-order chi connectivity index (χ0) is 30.1. The van der Waals surface area contributed by atoms with Crippen molar-refractivity contribution in [3.8, 4) is 6.07 Å². The first kappa shape index (κ1) is 30.4. The Labute approximate surface area is 243 Å². The highest BCUT2D eigenvalue weighted by Gasteiger charge is 2.57. The van der Waals surface area contributed by atoms with Crippen LogP contribution in [0.5, 0.6) is 0 Å². The number of hydrogen-bond donors (Lipinski definition) is 2. The third-order valence-electron chi connectivity index (χ3n) is 8.68. The monoisotopic (exact) mass is 564 g/mol. The third-order valence-corrected chi connectivity index (χ3v) is 8.68. The molecule has 4 atom stereocenters. The molecule has 0 radical (unpaired) electrons. The highest BCUT2D eigenvalue weighted by molar-refractivity contribution is 6.07. The second-order valence-electron chi connectivity index (χ2n) is 13.3. The molecule has 222 valence electrons. The van der Waals surface area contributed by atoms with E-state index in [1.54, 1.807) is 11.9 Å². The van der Waals surface area contributed by atoms with Crippen LogP contribution in [0.4, 0.5) is 10.5 Å². The van der Waals surface area contributed by atoms with Crippen molar-refractivity contribution in [2.75, 3.05) is 32.0 Å². The molecule has 1 unspecified atom stereocenters. The van der Waals surface area contributed by atoms with Gasteiger partial charge in [0.15, 0.2) is 0 Å². The molecule has 1 spiro atoms. The van der Waals surface area contributed by atoms with Gasteiger partial charge >= 0.3 is 6.03 Å². The van der Waals surface area contributed by atoms with Crippen LogP contribution in [0.25, 0.3) is 0 Å². The summed E-state index contributed by atoms with van der Waals surface area (Å²) in [5, 5.41) is 16.0. The van der Waals surface area contributed by atoms with Crippen LogP contribution in [0.1, 0.15) is 72.3 Å². The fraction of sp³-hybridized carbons (Fsp3) is 0.645. The maximum atomic E-state index is 14.3. The van der Waals surface area contributed by atoms with Crippen LogP contribution in [0.15, 0.2) is 24.3 Å². The Balaban J connectivity index is 1.60. The SMILES string of the molecule is CC(C)C(NC(=O)N1CCCCC1)C(=O)N(C)[C@@H](CC(C)(C)C)C(=O)N1C[C@]2(C[C@H]1C#N)C(=O)Nc1ccccc12. The molecule has 5 amide bonds. The molecule has 3 heterocycles. The topological polar surface area (TPSA) is 126 Å². The van der Waals surface area contributed by atoms with Crippen LogP contribution in [0.2, 0.25) is 0 Å². The summed E-state index contributed by atoms with van der Waals surface area (Å²) in [6, 6.07) is 6.87. The molecule has 3 aliphatic rings. The zero-order valence-corrected chi connectivity index (χ0v) is 25.2. The Morgan fingerprint density at radius 3 is 2.44 bits per heavy atom. The summed E-state index contributed by atoms with van der Waals surface area (Å²) in [4.78, 5) is 59.2. The summed E-state index contributed by atoms with van der Waals surface area (Å²) in [5.74, 6) is -1.13. The largest absolute Gasteiger partial charge is 0.332 e. The molecule has 2 N–H and O–H groups in total.